The molecular formula is C31H33NO9. The number of aliphatic carboxylic acids is 1. The molecule has 0 aromatic heterocycles. The number of carboxylic acid groups (broad SMARTS) is 1. The van der Waals surface area contributed by atoms with Crippen LogP contribution in [-0.2, 0) is 24.0 Å². The molecule has 1 fully saturated rings. The van der Waals surface area contributed by atoms with Gasteiger partial charge in [-0.3, -0.25) is 28.9 Å². The van der Waals surface area contributed by atoms with Gasteiger partial charge in [-0.1, -0.05) is 18.1 Å². The van der Waals surface area contributed by atoms with E-state index in [1.54, 1.807) is 13.0 Å². The summed E-state index contributed by atoms with van der Waals surface area (Å²) in [5, 5.41) is 20.0. The Morgan fingerprint density at radius 2 is 1.78 bits per heavy atom. The van der Waals surface area contributed by atoms with Crippen molar-refractivity contribution in [3.05, 3.63) is 52.1 Å². The first kappa shape index (κ1) is 28.3. The van der Waals surface area contributed by atoms with Gasteiger partial charge in [0.1, 0.15) is 17.2 Å². The number of ketones is 2. The second-order valence-corrected chi connectivity index (χ2v) is 11.0. The number of nitrogens with zero attached hydrogens (tertiary/aromatic N) is 1. The molecule has 5 rings (SSSR count). The Hall–Kier alpha value is -4.21. The number of phenols is 1. The molecule has 4 atom stereocenters. The summed E-state index contributed by atoms with van der Waals surface area (Å²) in [5.41, 5.74) is 1.87. The first-order chi connectivity index (χ1) is 19.6. The Kier molecular flexibility index (Phi) is 7.59. The molecule has 1 aromatic rings. The highest BCUT2D eigenvalue weighted by molar-refractivity contribution is 6.23. The van der Waals surface area contributed by atoms with E-state index in [2.05, 4.69) is 0 Å². The lowest BCUT2D eigenvalue weighted by Gasteiger charge is -2.42. The third-order valence-corrected chi connectivity index (χ3v) is 8.76. The SMILES string of the molecule is COc1cc(O)c([C@H]2C3=CC[C@@H]4C(=O)N(CCCCCC(=O)O)C(=O)[C@@H]4[C@@H]3CC3=C2C(=O)C=C(C)C3=O)c(OC)c1. The van der Waals surface area contributed by atoms with Crippen molar-refractivity contribution >= 4 is 29.4 Å². The van der Waals surface area contributed by atoms with Crippen molar-refractivity contribution in [3.63, 3.8) is 0 Å². The Labute approximate surface area is 237 Å². The number of likely N-dealkylation sites (tertiary alicyclic amines) is 1. The summed E-state index contributed by atoms with van der Waals surface area (Å²) in [5.74, 6) is -4.32. The lowest BCUT2D eigenvalue weighted by molar-refractivity contribution is -0.141. The molecule has 2 N–H and O–H groups in total. The molecule has 0 saturated carbocycles. The second-order valence-electron chi connectivity index (χ2n) is 11.0. The Bertz CT molecular complexity index is 1450. The van der Waals surface area contributed by atoms with Crippen molar-refractivity contribution in [1.29, 1.82) is 0 Å². The lowest BCUT2D eigenvalue weighted by Crippen LogP contribution is -2.40. The third-order valence-electron chi connectivity index (χ3n) is 8.76. The number of allylic oxidation sites excluding steroid dienone is 6. The van der Waals surface area contributed by atoms with Gasteiger partial charge < -0.3 is 19.7 Å². The molecule has 0 radical (unpaired) electrons. The summed E-state index contributed by atoms with van der Waals surface area (Å²) < 4.78 is 10.9. The highest BCUT2D eigenvalue weighted by Gasteiger charge is 2.56. The van der Waals surface area contributed by atoms with E-state index >= 15 is 0 Å². The fraction of sp³-hybridized carbons (Fsp3) is 0.452. The van der Waals surface area contributed by atoms with Crippen molar-refractivity contribution in [3.8, 4) is 17.2 Å². The van der Waals surface area contributed by atoms with Crippen LogP contribution in [0.5, 0.6) is 17.2 Å². The molecule has 10 heteroatoms. The molecule has 4 aliphatic rings. The van der Waals surface area contributed by atoms with E-state index in [1.165, 1.54) is 31.3 Å². The molecule has 1 heterocycles. The molecule has 1 aliphatic heterocycles. The molecule has 0 bridgehead atoms. The van der Waals surface area contributed by atoms with Gasteiger partial charge in [-0.15, -0.1) is 0 Å². The maximum atomic E-state index is 13.8. The number of rotatable bonds is 9. The van der Waals surface area contributed by atoms with Crippen molar-refractivity contribution in [2.75, 3.05) is 20.8 Å². The highest BCUT2D eigenvalue weighted by atomic mass is 16.5. The van der Waals surface area contributed by atoms with Crippen LogP contribution in [0.15, 0.2) is 46.6 Å². The summed E-state index contributed by atoms with van der Waals surface area (Å²) >= 11 is 0. The number of fused-ring (bicyclic) bond motifs is 3. The fourth-order valence-electron chi connectivity index (χ4n) is 6.89. The number of Topliss-reactive ketones (excluding diaryl/α,β-unsaturated/α-hetero) is 1. The van der Waals surface area contributed by atoms with Crippen LogP contribution in [0.3, 0.4) is 0 Å². The summed E-state index contributed by atoms with van der Waals surface area (Å²) in [4.78, 5) is 66.1. The lowest BCUT2D eigenvalue weighted by atomic mass is 9.59. The van der Waals surface area contributed by atoms with Crippen LogP contribution in [0.1, 0.15) is 56.9 Å². The molecule has 41 heavy (non-hydrogen) atoms. The van der Waals surface area contributed by atoms with Gasteiger partial charge in [-0.25, -0.2) is 0 Å². The Morgan fingerprint density at radius 3 is 2.46 bits per heavy atom. The Balaban J connectivity index is 1.55. The number of amides is 2. The van der Waals surface area contributed by atoms with Crippen molar-refractivity contribution in [2.24, 2.45) is 17.8 Å². The largest absolute Gasteiger partial charge is 0.507 e. The first-order valence-corrected chi connectivity index (χ1v) is 13.8. The Morgan fingerprint density at radius 1 is 1.02 bits per heavy atom. The van der Waals surface area contributed by atoms with E-state index in [4.69, 9.17) is 14.6 Å². The van der Waals surface area contributed by atoms with Crippen LogP contribution in [-0.4, -0.2) is 65.2 Å². The summed E-state index contributed by atoms with van der Waals surface area (Å²) in [6, 6.07) is 3.01. The van der Waals surface area contributed by atoms with Gasteiger partial charge in [-0.05, 0) is 44.6 Å². The zero-order chi connectivity index (χ0) is 29.6. The average molecular weight is 564 g/mol. The molecule has 1 aromatic carbocycles. The minimum Gasteiger partial charge on any atom is -0.507 e. The number of aromatic hydroxyl groups is 1. The number of unbranched alkanes of at least 4 members (excludes halogenated alkanes) is 2. The second kappa shape index (κ2) is 11.0. The monoisotopic (exact) mass is 563 g/mol. The number of ether oxygens (including phenoxy) is 2. The van der Waals surface area contributed by atoms with Gasteiger partial charge in [0.25, 0.3) is 0 Å². The topological polar surface area (TPSA) is 148 Å². The minimum absolute atomic E-state index is 0.0314. The molecule has 1 saturated heterocycles. The molecule has 2 amide bonds. The molecule has 10 nitrogen and oxygen atoms in total. The number of carbonyl (C=O) groups is 5. The van der Waals surface area contributed by atoms with Crippen LogP contribution in [0.2, 0.25) is 0 Å². The van der Waals surface area contributed by atoms with Crippen LogP contribution in [0, 0.1) is 17.8 Å². The number of carbonyl (C=O) groups excluding carboxylic acids is 4. The molecule has 216 valence electrons. The van der Waals surface area contributed by atoms with Crippen LogP contribution in [0.4, 0.5) is 0 Å². The van der Waals surface area contributed by atoms with Crippen LogP contribution < -0.4 is 9.47 Å². The number of carboxylic acids is 1. The first-order valence-electron chi connectivity index (χ1n) is 13.8. The van der Waals surface area contributed by atoms with Crippen LogP contribution >= 0.6 is 0 Å². The number of benzene rings is 1. The van der Waals surface area contributed by atoms with Gasteiger partial charge in [0.05, 0.1) is 26.1 Å². The maximum Gasteiger partial charge on any atom is 0.303 e. The predicted molar refractivity (Wildman–Crippen MR) is 145 cm³/mol. The van der Waals surface area contributed by atoms with Gasteiger partial charge in [-0.2, -0.15) is 0 Å². The average Bonchev–Trinajstić information content (AvgIpc) is 3.19. The van der Waals surface area contributed by atoms with Crippen molar-refractivity contribution in [1.82, 2.24) is 4.90 Å². The minimum atomic E-state index is -0.885. The third kappa shape index (κ3) is 4.75. The quantitative estimate of drug-likeness (QED) is 0.199. The standard InChI is InChI=1S/C31H33NO9/c1-15-11-21(33)26-20(29(15)37)14-19-17(27(26)28-22(34)12-16(40-2)13-23(28)41-3)8-9-18-25(19)31(39)32(30(18)38)10-6-4-5-7-24(35)36/h8,11-13,18-19,25,27,34H,4-7,9-10,14H2,1-3H3,(H,35,36)/t18-,19+,25-,27-/m0/s1. The van der Waals surface area contributed by atoms with E-state index in [1.807, 2.05) is 6.08 Å². The molecule has 0 spiro atoms. The van der Waals surface area contributed by atoms with Gasteiger partial charge in [0, 0.05) is 53.3 Å². The fourth-order valence-corrected chi connectivity index (χ4v) is 6.89. The molecule has 0 unspecified atom stereocenters. The summed E-state index contributed by atoms with van der Waals surface area (Å²) in [7, 11) is 2.89. The van der Waals surface area contributed by atoms with Crippen molar-refractivity contribution < 1.29 is 43.7 Å². The molecule has 3 aliphatic carbocycles. The van der Waals surface area contributed by atoms with E-state index in [-0.39, 0.29) is 66.3 Å². The zero-order valence-electron chi connectivity index (χ0n) is 23.3. The van der Waals surface area contributed by atoms with Crippen LogP contribution in [0.25, 0.3) is 0 Å². The number of imide groups is 1. The highest BCUT2D eigenvalue weighted by Crippen LogP contribution is 2.57. The normalized spacial score (nSPS) is 25.4. The van der Waals surface area contributed by atoms with Gasteiger partial charge in [0.2, 0.25) is 11.8 Å². The van der Waals surface area contributed by atoms with E-state index in [0.29, 0.717) is 47.3 Å². The van der Waals surface area contributed by atoms with E-state index in [9.17, 15) is 29.1 Å². The summed E-state index contributed by atoms with van der Waals surface area (Å²) in [6.07, 6.45) is 5.18. The smallest absolute Gasteiger partial charge is 0.303 e. The van der Waals surface area contributed by atoms with Crippen molar-refractivity contribution in [2.45, 2.75) is 51.4 Å². The number of hydrogen-bond acceptors (Lipinski definition) is 8. The maximum absolute atomic E-state index is 13.8. The van der Waals surface area contributed by atoms with E-state index in [0.717, 1.165) is 0 Å². The number of hydrogen-bond donors (Lipinski definition) is 2. The summed E-state index contributed by atoms with van der Waals surface area (Å²) in [6.45, 7) is 1.78. The van der Waals surface area contributed by atoms with Gasteiger partial charge in [0.15, 0.2) is 11.6 Å². The van der Waals surface area contributed by atoms with Gasteiger partial charge >= 0.3 is 5.97 Å². The van der Waals surface area contributed by atoms with E-state index < -0.39 is 29.6 Å². The predicted octanol–water partition coefficient (Wildman–Crippen LogP) is 3.48. The number of phenolic OH excluding ortho intramolecular Hbond substituents is 1. The number of methoxy groups -OCH3 is 2. The molecular weight excluding hydrogens is 530 g/mol. The zero-order valence-corrected chi connectivity index (χ0v) is 23.3.